The van der Waals surface area contributed by atoms with Crippen LogP contribution in [-0.4, -0.2) is 34.0 Å². The number of carbonyl (C=O) groups excluding carboxylic acids is 1. The van der Waals surface area contributed by atoms with E-state index >= 15 is 0 Å². The molecule has 1 N–H and O–H groups in total. The monoisotopic (exact) mass is 346 g/mol. The van der Waals surface area contributed by atoms with Crippen molar-refractivity contribution in [1.82, 2.24) is 19.8 Å². The van der Waals surface area contributed by atoms with Crippen molar-refractivity contribution in [3.8, 4) is 0 Å². The van der Waals surface area contributed by atoms with Crippen molar-refractivity contribution in [2.75, 3.05) is 13.6 Å². The number of aromatic nitrogens is 2. The van der Waals surface area contributed by atoms with Gasteiger partial charge in [-0.1, -0.05) is 18.0 Å². The Labute approximate surface area is 147 Å². The Morgan fingerprint density at radius 3 is 2.88 bits per heavy atom. The molecule has 1 unspecified atom stereocenters. The minimum absolute atomic E-state index is 0.0505. The smallest absolute Gasteiger partial charge is 0.267 e. The summed E-state index contributed by atoms with van der Waals surface area (Å²) in [5.41, 5.74) is 2.90. The van der Waals surface area contributed by atoms with E-state index in [0.29, 0.717) is 16.8 Å². The van der Waals surface area contributed by atoms with Crippen molar-refractivity contribution >= 4 is 17.5 Å². The molecule has 0 radical (unpaired) electrons. The van der Waals surface area contributed by atoms with E-state index in [9.17, 15) is 4.79 Å². The van der Waals surface area contributed by atoms with Crippen LogP contribution in [0.5, 0.6) is 0 Å². The topological polar surface area (TPSA) is 50.2 Å². The molecule has 3 heterocycles. The highest BCUT2D eigenvalue weighted by Crippen LogP contribution is 2.32. The molecule has 6 heteroatoms. The van der Waals surface area contributed by atoms with Crippen molar-refractivity contribution in [1.29, 1.82) is 0 Å². The van der Waals surface area contributed by atoms with E-state index in [1.165, 1.54) is 18.5 Å². The lowest BCUT2D eigenvalue weighted by molar-refractivity contribution is 0.0952. The van der Waals surface area contributed by atoms with E-state index in [0.717, 1.165) is 25.2 Å². The number of rotatable bonds is 4. The summed E-state index contributed by atoms with van der Waals surface area (Å²) >= 11 is 5.93. The Bertz CT molecular complexity index is 710. The molecule has 1 aliphatic heterocycles. The van der Waals surface area contributed by atoms with Gasteiger partial charge in [0.2, 0.25) is 0 Å². The summed E-state index contributed by atoms with van der Waals surface area (Å²) in [5, 5.41) is 3.36. The van der Waals surface area contributed by atoms with Gasteiger partial charge in [-0.05, 0) is 43.7 Å². The molecule has 2 aromatic heterocycles. The van der Waals surface area contributed by atoms with E-state index in [-0.39, 0.29) is 5.91 Å². The molecule has 0 aliphatic carbocycles. The number of likely N-dealkylation sites (tertiary alicyclic amines) is 1. The first-order valence-electron chi connectivity index (χ1n) is 8.32. The number of piperidine rings is 1. The van der Waals surface area contributed by atoms with Gasteiger partial charge in [-0.15, -0.1) is 0 Å². The SMILES string of the molecule is CNC(=O)c1ccc(C2CCCCN2Cc2ccc(Cl)cn2)n1C. The third kappa shape index (κ3) is 3.47. The third-order valence-corrected chi connectivity index (χ3v) is 4.95. The van der Waals surface area contributed by atoms with Crippen LogP contribution in [0, 0.1) is 0 Å². The zero-order valence-electron chi connectivity index (χ0n) is 14.1. The molecule has 1 amide bonds. The zero-order valence-corrected chi connectivity index (χ0v) is 14.9. The second-order valence-electron chi connectivity index (χ2n) is 6.23. The van der Waals surface area contributed by atoms with Gasteiger partial charge in [-0.25, -0.2) is 0 Å². The molecular weight excluding hydrogens is 324 g/mol. The summed E-state index contributed by atoms with van der Waals surface area (Å²) in [6.07, 6.45) is 5.19. The number of hydrogen-bond acceptors (Lipinski definition) is 3. The number of amides is 1. The molecule has 1 atom stereocenters. The molecule has 1 fully saturated rings. The minimum Gasteiger partial charge on any atom is -0.354 e. The van der Waals surface area contributed by atoms with Crippen LogP contribution in [-0.2, 0) is 13.6 Å². The summed E-state index contributed by atoms with van der Waals surface area (Å²) in [4.78, 5) is 18.8. The molecule has 0 saturated carbocycles. The van der Waals surface area contributed by atoms with Crippen molar-refractivity contribution in [3.05, 3.63) is 52.6 Å². The van der Waals surface area contributed by atoms with Gasteiger partial charge in [-0.3, -0.25) is 14.7 Å². The predicted molar refractivity (Wildman–Crippen MR) is 95.1 cm³/mol. The molecule has 0 aromatic carbocycles. The fourth-order valence-corrected chi connectivity index (χ4v) is 3.55. The van der Waals surface area contributed by atoms with Crippen LogP contribution in [0.25, 0.3) is 0 Å². The van der Waals surface area contributed by atoms with Gasteiger partial charge in [0.25, 0.3) is 5.91 Å². The Morgan fingerprint density at radius 2 is 2.17 bits per heavy atom. The fraction of sp³-hybridized carbons (Fsp3) is 0.444. The van der Waals surface area contributed by atoms with Crippen molar-refractivity contribution in [2.24, 2.45) is 7.05 Å². The van der Waals surface area contributed by atoms with Gasteiger partial charge in [0.1, 0.15) is 5.69 Å². The second kappa shape index (κ2) is 7.36. The lowest BCUT2D eigenvalue weighted by Crippen LogP contribution is -2.34. The highest BCUT2D eigenvalue weighted by atomic mass is 35.5. The van der Waals surface area contributed by atoms with Crippen LogP contribution in [0.1, 0.15) is 47.2 Å². The number of nitrogens with zero attached hydrogens (tertiary/aromatic N) is 3. The van der Waals surface area contributed by atoms with Crippen LogP contribution in [0.15, 0.2) is 30.5 Å². The molecule has 128 valence electrons. The number of halogens is 1. The van der Waals surface area contributed by atoms with E-state index in [2.05, 4.69) is 21.3 Å². The van der Waals surface area contributed by atoms with Crippen LogP contribution < -0.4 is 5.32 Å². The number of nitrogens with one attached hydrogen (secondary N) is 1. The van der Waals surface area contributed by atoms with Crippen molar-refractivity contribution in [2.45, 2.75) is 31.8 Å². The Morgan fingerprint density at radius 1 is 1.33 bits per heavy atom. The molecule has 5 nitrogen and oxygen atoms in total. The van der Waals surface area contributed by atoms with Gasteiger partial charge in [-0.2, -0.15) is 0 Å². The fourth-order valence-electron chi connectivity index (χ4n) is 3.44. The lowest BCUT2D eigenvalue weighted by Gasteiger charge is -2.36. The summed E-state index contributed by atoms with van der Waals surface area (Å²) in [6, 6.07) is 8.15. The van der Waals surface area contributed by atoms with E-state index < -0.39 is 0 Å². The molecule has 2 aromatic rings. The largest absolute Gasteiger partial charge is 0.354 e. The molecule has 1 saturated heterocycles. The maximum Gasteiger partial charge on any atom is 0.267 e. The van der Waals surface area contributed by atoms with E-state index in [1.807, 2.05) is 29.8 Å². The van der Waals surface area contributed by atoms with Gasteiger partial charge in [0.15, 0.2) is 0 Å². The quantitative estimate of drug-likeness (QED) is 0.925. The first kappa shape index (κ1) is 17.0. The zero-order chi connectivity index (χ0) is 17.1. The predicted octanol–water partition coefficient (Wildman–Crippen LogP) is 3.16. The summed E-state index contributed by atoms with van der Waals surface area (Å²) in [5.74, 6) is -0.0505. The van der Waals surface area contributed by atoms with Crippen LogP contribution >= 0.6 is 11.6 Å². The minimum atomic E-state index is -0.0505. The Kier molecular flexibility index (Phi) is 5.21. The average Bonchev–Trinajstić information content (AvgIpc) is 2.98. The molecular formula is C18H23ClN4O. The average molecular weight is 347 g/mol. The highest BCUT2D eigenvalue weighted by Gasteiger charge is 2.27. The van der Waals surface area contributed by atoms with Crippen LogP contribution in [0.4, 0.5) is 0 Å². The molecule has 0 spiro atoms. The number of carbonyl (C=O) groups is 1. The van der Waals surface area contributed by atoms with Crippen LogP contribution in [0.2, 0.25) is 5.02 Å². The molecule has 0 bridgehead atoms. The summed E-state index contributed by atoms with van der Waals surface area (Å²) < 4.78 is 2.01. The van der Waals surface area contributed by atoms with Crippen molar-refractivity contribution in [3.63, 3.8) is 0 Å². The molecule has 1 aliphatic rings. The second-order valence-corrected chi connectivity index (χ2v) is 6.67. The molecule has 24 heavy (non-hydrogen) atoms. The lowest BCUT2D eigenvalue weighted by atomic mass is 9.99. The van der Waals surface area contributed by atoms with Crippen molar-refractivity contribution < 1.29 is 4.79 Å². The first-order chi connectivity index (χ1) is 11.6. The summed E-state index contributed by atoms with van der Waals surface area (Å²) in [7, 11) is 3.63. The maximum absolute atomic E-state index is 12.0. The Hall–Kier alpha value is -1.85. The van der Waals surface area contributed by atoms with Gasteiger partial charge in [0, 0.05) is 32.5 Å². The first-order valence-corrected chi connectivity index (χ1v) is 8.70. The van der Waals surface area contributed by atoms with E-state index in [1.54, 1.807) is 13.2 Å². The standard InChI is InChI=1S/C18H23ClN4O/c1-20-18(24)17-9-8-15(22(17)2)16-5-3-4-10-23(16)12-14-7-6-13(19)11-21-14/h6-9,11,16H,3-5,10,12H2,1-2H3,(H,20,24). The van der Waals surface area contributed by atoms with E-state index in [4.69, 9.17) is 11.6 Å². The normalized spacial score (nSPS) is 18.5. The third-order valence-electron chi connectivity index (χ3n) is 4.73. The van der Waals surface area contributed by atoms with Gasteiger partial charge >= 0.3 is 0 Å². The summed E-state index contributed by atoms with van der Waals surface area (Å²) in [6.45, 7) is 1.83. The van der Waals surface area contributed by atoms with Gasteiger partial charge in [0.05, 0.1) is 16.8 Å². The van der Waals surface area contributed by atoms with Crippen LogP contribution in [0.3, 0.4) is 0 Å². The Balaban J connectivity index is 1.83. The maximum atomic E-state index is 12.0. The van der Waals surface area contributed by atoms with Gasteiger partial charge < -0.3 is 9.88 Å². The number of hydrogen-bond donors (Lipinski definition) is 1. The highest BCUT2D eigenvalue weighted by molar-refractivity contribution is 6.30. The number of pyridine rings is 1. The molecule has 3 rings (SSSR count).